The number of piperidine rings is 1. The van der Waals surface area contributed by atoms with E-state index >= 15 is 0 Å². The molecular weight excluding hydrogens is 380 g/mol. The summed E-state index contributed by atoms with van der Waals surface area (Å²) in [4.78, 5) is 5.62. The summed E-state index contributed by atoms with van der Waals surface area (Å²) in [7, 11) is 0. The van der Waals surface area contributed by atoms with Gasteiger partial charge in [0.1, 0.15) is 0 Å². The van der Waals surface area contributed by atoms with E-state index in [2.05, 4.69) is 62.1 Å². The number of likely N-dealkylation sites (tertiary alicyclic amines) is 1. The smallest absolute Gasteiger partial charge is 0.0969 e. The molecule has 4 heterocycles. The van der Waals surface area contributed by atoms with Crippen molar-refractivity contribution in [2.75, 3.05) is 13.2 Å². The molecule has 0 aromatic carbocycles. The van der Waals surface area contributed by atoms with E-state index in [1.807, 2.05) is 16.0 Å². The van der Waals surface area contributed by atoms with E-state index in [-0.39, 0.29) is 11.0 Å². The number of ether oxygens (including phenoxy) is 1. The Hall–Kier alpha value is -1.24. The lowest BCUT2D eigenvalue weighted by Crippen LogP contribution is -2.50. The summed E-state index contributed by atoms with van der Waals surface area (Å²) in [6, 6.07) is 2.90. The van der Waals surface area contributed by atoms with Crippen molar-refractivity contribution in [2.45, 2.75) is 91.5 Å². The molecular formula is C23H36N4OS. The molecule has 0 N–H and O–H groups in total. The molecule has 5 nitrogen and oxygen atoms in total. The normalized spacial score (nSPS) is 25.5. The average Bonchev–Trinajstić information content (AvgIpc) is 3.31. The predicted molar refractivity (Wildman–Crippen MR) is 118 cm³/mol. The van der Waals surface area contributed by atoms with Crippen LogP contribution in [0, 0.1) is 5.41 Å². The number of fused-ring (bicyclic) bond motifs is 2. The minimum atomic E-state index is -0.0732. The Balaban J connectivity index is 1.43. The maximum Gasteiger partial charge on any atom is 0.0969 e. The van der Waals surface area contributed by atoms with Crippen LogP contribution in [0.25, 0.3) is 0 Å². The van der Waals surface area contributed by atoms with Gasteiger partial charge >= 0.3 is 0 Å². The molecule has 0 aliphatic carbocycles. The molecule has 4 rings (SSSR count). The lowest BCUT2D eigenvalue weighted by atomic mass is 9.79. The van der Waals surface area contributed by atoms with Crippen LogP contribution in [0.2, 0.25) is 0 Å². The molecule has 6 heteroatoms. The average molecular weight is 417 g/mol. The molecule has 1 spiro atoms. The standard InChI is InChI=1S/C23H36N4OS/c1-6-19-12-20-21(29-19)8-11-28-23(20)9-10-26(17(3)13-23)14-18-15-27(25-24-18)16-22(4,5)7-2/h12,15,17H,6-11,13-14,16H2,1-5H3/t17-,23+/m0/s1. The van der Waals surface area contributed by atoms with Gasteiger partial charge in [-0.3, -0.25) is 9.58 Å². The van der Waals surface area contributed by atoms with Crippen LogP contribution in [-0.4, -0.2) is 39.1 Å². The highest BCUT2D eigenvalue weighted by molar-refractivity contribution is 7.12. The fourth-order valence-electron chi connectivity index (χ4n) is 4.76. The van der Waals surface area contributed by atoms with Crippen LogP contribution in [0.5, 0.6) is 0 Å². The molecule has 2 aliphatic rings. The van der Waals surface area contributed by atoms with Crippen molar-refractivity contribution in [1.82, 2.24) is 19.9 Å². The van der Waals surface area contributed by atoms with Crippen LogP contribution in [0.3, 0.4) is 0 Å². The van der Waals surface area contributed by atoms with Gasteiger partial charge in [-0.15, -0.1) is 16.4 Å². The van der Waals surface area contributed by atoms with Crippen molar-refractivity contribution in [3.05, 3.63) is 33.3 Å². The van der Waals surface area contributed by atoms with Gasteiger partial charge in [0.05, 0.1) is 17.9 Å². The van der Waals surface area contributed by atoms with Crippen molar-refractivity contribution < 1.29 is 4.74 Å². The fraction of sp³-hybridized carbons (Fsp3) is 0.739. The number of thiophene rings is 1. The van der Waals surface area contributed by atoms with E-state index in [0.717, 1.165) is 64.0 Å². The molecule has 0 radical (unpaired) electrons. The minimum absolute atomic E-state index is 0.0732. The predicted octanol–water partition coefficient (Wildman–Crippen LogP) is 4.79. The molecule has 1 saturated heterocycles. The van der Waals surface area contributed by atoms with Gasteiger partial charge in [-0.05, 0) is 49.7 Å². The highest BCUT2D eigenvalue weighted by Crippen LogP contribution is 2.46. The number of hydrogen-bond acceptors (Lipinski definition) is 5. The number of nitrogens with zero attached hydrogens (tertiary/aromatic N) is 4. The van der Waals surface area contributed by atoms with E-state index in [9.17, 15) is 0 Å². The van der Waals surface area contributed by atoms with Gasteiger partial charge in [0.2, 0.25) is 0 Å². The second kappa shape index (κ2) is 8.12. The first kappa shape index (κ1) is 21.0. The summed E-state index contributed by atoms with van der Waals surface area (Å²) >= 11 is 2.00. The Morgan fingerprint density at radius 1 is 1.34 bits per heavy atom. The Labute approximate surface area is 179 Å². The molecule has 0 bridgehead atoms. The van der Waals surface area contributed by atoms with Crippen molar-refractivity contribution in [2.24, 2.45) is 5.41 Å². The van der Waals surface area contributed by atoms with Gasteiger partial charge in [0.25, 0.3) is 0 Å². The number of hydrogen-bond donors (Lipinski definition) is 0. The summed E-state index contributed by atoms with van der Waals surface area (Å²) in [6.07, 6.45) is 7.61. The van der Waals surface area contributed by atoms with Crippen molar-refractivity contribution in [1.29, 1.82) is 0 Å². The lowest BCUT2D eigenvalue weighted by molar-refractivity contribution is -0.112. The Morgan fingerprint density at radius 2 is 2.17 bits per heavy atom. The molecule has 2 atom stereocenters. The third-order valence-corrected chi connectivity index (χ3v) is 8.30. The Kier molecular flexibility index (Phi) is 5.88. The van der Waals surface area contributed by atoms with Crippen LogP contribution in [0.15, 0.2) is 12.3 Å². The van der Waals surface area contributed by atoms with Crippen molar-refractivity contribution in [3.63, 3.8) is 0 Å². The molecule has 0 unspecified atom stereocenters. The molecule has 29 heavy (non-hydrogen) atoms. The Bertz CT molecular complexity index is 842. The van der Waals surface area contributed by atoms with Crippen molar-refractivity contribution in [3.8, 4) is 0 Å². The van der Waals surface area contributed by atoms with E-state index in [1.54, 1.807) is 4.88 Å². The Morgan fingerprint density at radius 3 is 2.90 bits per heavy atom. The summed E-state index contributed by atoms with van der Waals surface area (Å²) in [6.45, 7) is 15.1. The van der Waals surface area contributed by atoms with Crippen LogP contribution in [0.4, 0.5) is 0 Å². The van der Waals surface area contributed by atoms with Crippen molar-refractivity contribution >= 4 is 11.3 Å². The van der Waals surface area contributed by atoms with Gasteiger partial charge in [-0.1, -0.05) is 32.9 Å². The number of aromatic nitrogens is 3. The summed E-state index contributed by atoms with van der Waals surface area (Å²) in [5.74, 6) is 0. The third kappa shape index (κ3) is 4.30. The van der Waals surface area contributed by atoms with Gasteiger partial charge in [0, 0.05) is 48.0 Å². The summed E-state index contributed by atoms with van der Waals surface area (Å²) in [5.41, 5.74) is 2.75. The van der Waals surface area contributed by atoms with Gasteiger partial charge in [-0.2, -0.15) is 0 Å². The lowest BCUT2D eigenvalue weighted by Gasteiger charge is -2.47. The third-order valence-electron chi connectivity index (χ3n) is 6.96. The highest BCUT2D eigenvalue weighted by Gasteiger charge is 2.44. The maximum atomic E-state index is 6.48. The van der Waals surface area contributed by atoms with E-state index < -0.39 is 0 Å². The SMILES string of the molecule is CCc1cc2c(s1)CCO[C@@]21CCN(Cc2cn(CC(C)(C)CC)nn2)[C@@H](C)C1. The zero-order chi connectivity index (χ0) is 20.6. The number of rotatable bonds is 6. The zero-order valence-corrected chi connectivity index (χ0v) is 19.5. The first-order valence-corrected chi connectivity index (χ1v) is 12.0. The largest absolute Gasteiger partial charge is 0.370 e. The molecule has 0 amide bonds. The molecule has 2 aromatic rings. The molecule has 0 saturated carbocycles. The van der Waals surface area contributed by atoms with E-state index in [4.69, 9.17) is 4.74 Å². The summed E-state index contributed by atoms with van der Waals surface area (Å²) < 4.78 is 8.50. The molecule has 160 valence electrons. The summed E-state index contributed by atoms with van der Waals surface area (Å²) in [5, 5.41) is 8.84. The van der Waals surface area contributed by atoms with Gasteiger partial charge in [-0.25, -0.2) is 0 Å². The molecule has 2 aromatic heterocycles. The minimum Gasteiger partial charge on any atom is -0.370 e. The maximum absolute atomic E-state index is 6.48. The van der Waals surface area contributed by atoms with E-state index in [1.165, 1.54) is 10.4 Å². The first-order valence-electron chi connectivity index (χ1n) is 11.2. The fourth-order valence-corrected chi connectivity index (χ4v) is 5.93. The van der Waals surface area contributed by atoms with Crippen LogP contribution >= 0.6 is 11.3 Å². The quantitative estimate of drug-likeness (QED) is 0.679. The van der Waals surface area contributed by atoms with Gasteiger partial charge < -0.3 is 4.74 Å². The van der Waals surface area contributed by atoms with Gasteiger partial charge in [0.15, 0.2) is 0 Å². The first-order chi connectivity index (χ1) is 13.8. The van der Waals surface area contributed by atoms with E-state index in [0.29, 0.717) is 6.04 Å². The van der Waals surface area contributed by atoms with Crippen LogP contribution in [0.1, 0.15) is 74.9 Å². The molecule has 2 aliphatic heterocycles. The molecule has 1 fully saturated rings. The second-order valence-corrected chi connectivity index (χ2v) is 10.9. The van der Waals surface area contributed by atoms with Crippen LogP contribution < -0.4 is 0 Å². The second-order valence-electron chi connectivity index (χ2n) is 9.69. The highest BCUT2D eigenvalue weighted by atomic mass is 32.1. The monoisotopic (exact) mass is 416 g/mol. The number of aryl methyl sites for hydroxylation is 1. The van der Waals surface area contributed by atoms with Crippen LogP contribution in [-0.2, 0) is 36.3 Å². The topological polar surface area (TPSA) is 43.2 Å². The zero-order valence-electron chi connectivity index (χ0n) is 18.7.